The van der Waals surface area contributed by atoms with Crippen LogP contribution < -0.4 is 14.2 Å². The Morgan fingerprint density at radius 1 is 1.09 bits per heavy atom. The number of likely N-dealkylation sites (N-methyl/N-ethyl adjacent to an activating group) is 1. The molecule has 170 valence electrons. The predicted octanol–water partition coefficient (Wildman–Crippen LogP) is 6.03. The molecule has 0 atom stereocenters. The number of ether oxygens (including phenoxy) is 3. The number of carbonyl (C=O) groups excluding carboxylic acids is 1. The van der Waals surface area contributed by atoms with E-state index < -0.39 is 0 Å². The molecule has 0 N–H and O–H groups in total. The minimum Gasteiger partial charge on any atom is -0.493 e. The highest BCUT2D eigenvalue weighted by atomic mass is 35.5. The van der Waals surface area contributed by atoms with E-state index in [4.69, 9.17) is 38.0 Å². The first-order valence-electron chi connectivity index (χ1n) is 10.3. The molecule has 3 rings (SSSR count). The molecule has 32 heavy (non-hydrogen) atoms. The molecule has 0 radical (unpaired) electrons. The standard InChI is InChI=1S/C24H26ClNO4S2/c1-5-26-23(27)21(32-24(26)31)14-17-12-19(25)22(20(13-17)28-4)30-8-6-7-29-18-10-15(2)9-16(3)11-18/h9-14H,5-8H2,1-4H3/b21-14+. The molecule has 2 aromatic carbocycles. The molecule has 2 aromatic rings. The molecule has 0 unspecified atom stereocenters. The van der Waals surface area contributed by atoms with Crippen LogP contribution in [-0.4, -0.2) is 42.0 Å². The van der Waals surface area contributed by atoms with Gasteiger partial charge in [-0.1, -0.05) is 41.6 Å². The average molecular weight is 492 g/mol. The van der Waals surface area contributed by atoms with Gasteiger partial charge in [-0.15, -0.1) is 0 Å². The fraction of sp³-hybridized carbons (Fsp3) is 0.333. The second kappa shape index (κ2) is 11.1. The Hall–Kier alpha value is -2.22. The fourth-order valence-corrected chi connectivity index (χ4v) is 4.98. The molecule has 0 spiro atoms. The zero-order valence-electron chi connectivity index (χ0n) is 18.6. The maximum absolute atomic E-state index is 12.4. The number of hydrogen-bond acceptors (Lipinski definition) is 6. The number of hydrogen-bond donors (Lipinski definition) is 0. The summed E-state index contributed by atoms with van der Waals surface area (Å²) in [6, 6.07) is 9.69. The molecule has 1 fully saturated rings. The number of methoxy groups -OCH3 is 1. The van der Waals surface area contributed by atoms with Crippen LogP contribution in [0.1, 0.15) is 30.0 Å². The first-order chi connectivity index (χ1) is 15.3. The zero-order valence-corrected chi connectivity index (χ0v) is 21.0. The van der Waals surface area contributed by atoms with E-state index in [-0.39, 0.29) is 5.91 Å². The molecule has 0 bridgehead atoms. The molecule has 1 heterocycles. The van der Waals surface area contributed by atoms with Gasteiger partial charge in [0.05, 0.1) is 30.3 Å². The minimum absolute atomic E-state index is 0.0956. The van der Waals surface area contributed by atoms with E-state index in [0.29, 0.717) is 51.9 Å². The molecule has 1 aliphatic rings. The summed E-state index contributed by atoms with van der Waals surface area (Å²) in [7, 11) is 1.56. The van der Waals surface area contributed by atoms with Crippen molar-refractivity contribution in [1.82, 2.24) is 4.90 Å². The zero-order chi connectivity index (χ0) is 23.3. The van der Waals surface area contributed by atoms with Gasteiger partial charge in [-0.2, -0.15) is 0 Å². The number of nitrogens with zero attached hydrogens (tertiary/aromatic N) is 1. The Morgan fingerprint density at radius 2 is 1.78 bits per heavy atom. The monoisotopic (exact) mass is 491 g/mol. The lowest BCUT2D eigenvalue weighted by Crippen LogP contribution is -2.27. The molecule has 8 heteroatoms. The summed E-state index contributed by atoms with van der Waals surface area (Å²) < 4.78 is 17.7. The summed E-state index contributed by atoms with van der Waals surface area (Å²) in [5.41, 5.74) is 3.09. The number of benzene rings is 2. The van der Waals surface area contributed by atoms with Gasteiger partial charge in [0.15, 0.2) is 11.5 Å². The van der Waals surface area contributed by atoms with Gasteiger partial charge in [-0.3, -0.25) is 9.69 Å². The lowest BCUT2D eigenvalue weighted by atomic mass is 10.1. The van der Waals surface area contributed by atoms with Crippen LogP contribution >= 0.6 is 35.6 Å². The third kappa shape index (κ3) is 5.97. The van der Waals surface area contributed by atoms with Gasteiger partial charge >= 0.3 is 0 Å². The third-order valence-electron chi connectivity index (χ3n) is 4.74. The summed E-state index contributed by atoms with van der Waals surface area (Å²) in [5.74, 6) is 1.74. The van der Waals surface area contributed by atoms with E-state index in [1.165, 1.54) is 22.9 Å². The van der Waals surface area contributed by atoms with Crippen molar-refractivity contribution in [3.8, 4) is 17.2 Å². The van der Waals surface area contributed by atoms with Crippen molar-refractivity contribution in [2.75, 3.05) is 26.9 Å². The lowest BCUT2D eigenvalue weighted by Gasteiger charge is -2.14. The first-order valence-corrected chi connectivity index (χ1v) is 11.9. The van der Waals surface area contributed by atoms with Crippen LogP contribution in [0, 0.1) is 13.8 Å². The van der Waals surface area contributed by atoms with Gasteiger partial charge in [0.25, 0.3) is 5.91 Å². The normalized spacial score (nSPS) is 14.9. The van der Waals surface area contributed by atoms with Gasteiger partial charge < -0.3 is 14.2 Å². The number of thiocarbonyl (C=S) groups is 1. The number of rotatable bonds is 9. The Kier molecular flexibility index (Phi) is 8.45. The van der Waals surface area contributed by atoms with Gasteiger partial charge in [-0.25, -0.2) is 0 Å². The lowest BCUT2D eigenvalue weighted by molar-refractivity contribution is -0.121. The molecule has 5 nitrogen and oxygen atoms in total. The van der Waals surface area contributed by atoms with Crippen molar-refractivity contribution in [2.45, 2.75) is 27.2 Å². The van der Waals surface area contributed by atoms with Crippen molar-refractivity contribution in [3.63, 3.8) is 0 Å². The van der Waals surface area contributed by atoms with E-state index >= 15 is 0 Å². The number of amides is 1. The smallest absolute Gasteiger partial charge is 0.266 e. The van der Waals surface area contributed by atoms with Crippen LogP contribution in [0.4, 0.5) is 0 Å². The van der Waals surface area contributed by atoms with Crippen LogP contribution in [0.3, 0.4) is 0 Å². The Bertz CT molecular complexity index is 1030. The summed E-state index contributed by atoms with van der Waals surface area (Å²) in [4.78, 5) is 14.6. The SMILES string of the molecule is CCN1C(=O)/C(=C\c2cc(Cl)c(OCCCOc3cc(C)cc(C)c3)c(OC)c2)SC1=S. The minimum atomic E-state index is -0.0956. The molecule has 0 aliphatic carbocycles. The first kappa shape index (κ1) is 24.4. The maximum Gasteiger partial charge on any atom is 0.266 e. The highest BCUT2D eigenvalue weighted by Gasteiger charge is 2.30. The summed E-state index contributed by atoms with van der Waals surface area (Å²) in [6.07, 6.45) is 2.46. The highest BCUT2D eigenvalue weighted by molar-refractivity contribution is 8.26. The van der Waals surface area contributed by atoms with Gasteiger partial charge in [-0.05, 0) is 67.8 Å². The van der Waals surface area contributed by atoms with E-state index in [1.807, 2.05) is 32.9 Å². The predicted molar refractivity (Wildman–Crippen MR) is 135 cm³/mol. The van der Waals surface area contributed by atoms with Gasteiger partial charge in [0.1, 0.15) is 10.1 Å². The number of thioether (sulfide) groups is 1. The molecule has 1 saturated heterocycles. The largest absolute Gasteiger partial charge is 0.493 e. The highest BCUT2D eigenvalue weighted by Crippen LogP contribution is 2.39. The van der Waals surface area contributed by atoms with Crippen LogP contribution in [-0.2, 0) is 4.79 Å². The van der Waals surface area contributed by atoms with Crippen molar-refractivity contribution in [1.29, 1.82) is 0 Å². The van der Waals surface area contributed by atoms with Crippen molar-refractivity contribution < 1.29 is 19.0 Å². The third-order valence-corrected chi connectivity index (χ3v) is 6.40. The quantitative estimate of drug-likeness (QED) is 0.242. The summed E-state index contributed by atoms with van der Waals surface area (Å²) >= 11 is 13.0. The van der Waals surface area contributed by atoms with Gasteiger partial charge in [0.2, 0.25) is 0 Å². The Labute approximate surface area is 203 Å². The van der Waals surface area contributed by atoms with Crippen molar-refractivity contribution in [2.24, 2.45) is 0 Å². The number of halogens is 1. The summed E-state index contributed by atoms with van der Waals surface area (Å²) in [5, 5.41) is 0.414. The second-order valence-corrected chi connectivity index (χ2v) is 9.42. The van der Waals surface area contributed by atoms with Crippen LogP contribution in [0.25, 0.3) is 6.08 Å². The van der Waals surface area contributed by atoms with Crippen LogP contribution in [0.2, 0.25) is 5.02 Å². The fourth-order valence-electron chi connectivity index (χ4n) is 3.33. The molecule has 1 amide bonds. The molecule has 1 aliphatic heterocycles. The Morgan fingerprint density at radius 3 is 2.41 bits per heavy atom. The molecular formula is C24H26ClNO4S2. The molecule has 0 saturated carbocycles. The van der Waals surface area contributed by atoms with Gasteiger partial charge in [0, 0.05) is 13.0 Å². The Balaban J connectivity index is 1.62. The van der Waals surface area contributed by atoms with E-state index in [9.17, 15) is 4.79 Å². The topological polar surface area (TPSA) is 48.0 Å². The summed E-state index contributed by atoms with van der Waals surface area (Å²) in [6.45, 7) is 7.49. The van der Waals surface area contributed by atoms with Crippen LogP contribution in [0.5, 0.6) is 17.2 Å². The molecule has 0 aromatic heterocycles. The van der Waals surface area contributed by atoms with E-state index in [1.54, 1.807) is 30.2 Å². The van der Waals surface area contributed by atoms with Crippen molar-refractivity contribution >= 4 is 51.9 Å². The molecular weight excluding hydrogens is 466 g/mol. The maximum atomic E-state index is 12.4. The van der Waals surface area contributed by atoms with E-state index in [0.717, 1.165) is 11.3 Å². The second-order valence-electron chi connectivity index (χ2n) is 7.33. The van der Waals surface area contributed by atoms with E-state index in [2.05, 4.69) is 6.07 Å². The number of aryl methyl sites for hydroxylation is 2. The average Bonchev–Trinajstić information content (AvgIpc) is 3.00. The van der Waals surface area contributed by atoms with Crippen molar-refractivity contribution in [3.05, 3.63) is 56.9 Å². The number of carbonyl (C=O) groups is 1. The van der Waals surface area contributed by atoms with Crippen LogP contribution in [0.15, 0.2) is 35.2 Å².